The highest BCUT2D eigenvalue weighted by atomic mass is 19.1. The average Bonchev–Trinajstić information content (AvgIpc) is 2.65. The van der Waals surface area contributed by atoms with Gasteiger partial charge < -0.3 is 10.2 Å². The number of halogens is 1. The van der Waals surface area contributed by atoms with Gasteiger partial charge in [0.1, 0.15) is 5.82 Å². The highest BCUT2D eigenvalue weighted by Gasteiger charge is 2.33. The summed E-state index contributed by atoms with van der Waals surface area (Å²) in [4.78, 5) is 13.9. The van der Waals surface area contributed by atoms with Crippen LogP contribution in [0.25, 0.3) is 0 Å². The van der Waals surface area contributed by atoms with E-state index in [1.165, 1.54) is 12.1 Å². The van der Waals surface area contributed by atoms with Crippen molar-refractivity contribution >= 4 is 11.6 Å². The summed E-state index contributed by atoms with van der Waals surface area (Å²) in [6.07, 6.45) is 2.45. The first-order valence-corrected chi connectivity index (χ1v) is 6.07. The summed E-state index contributed by atoms with van der Waals surface area (Å²) in [7, 11) is 0. The predicted molar refractivity (Wildman–Crippen MR) is 63.5 cm³/mol. The first kappa shape index (κ1) is 10.7. The summed E-state index contributed by atoms with van der Waals surface area (Å²) < 4.78 is 13.1. The number of fused-ring (bicyclic) bond motifs is 1. The van der Waals surface area contributed by atoms with Crippen molar-refractivity contribution in [3.63, 3.8) is 0 Å². The lowest BCUT2D eigenvalue weighted by molar-refractivity contribution is -0.117. The Balaban J connectivity index is 1.93. The molecular weight excluding hydrogens is 219 g/mol. The number of rotatable bonds is 1. The Hall–Kier alpha value is -1.42. The van der Waals surface area contributed by atoms with Crippen LogP contribution >= 0.6 is 0 Å². The van der Waals surface area contributed by atoms with Gasteiger partial charge in [-0.15, -0.1) is 0 Å². The number of hydrogen-bond donors (Lipinski definition) is 1. The lowest BCUT2D eigenvalue weighted by atomic mass is 10.1. The van der Waals surface area contributed by atoms with Crippen LogP contribution in [0.5, 0.6) is 0 Å². The van der Waals surface area contributed by atoms with E-state index in [0.29, 0.717) is 6.42 Å². The van der Waals surface area contributed by atoms with Crippen LogP contribution in [0.3, 0.4) is 0 Å². The molecule has 1 unspecified atom stereocenters. The molecule has 3 rings (SSSR count). The summed E-state index contributed by atoms with van der Waals surface area (Å²) in [5, 5.41) is 3.31. The number of nitrogens with one attached hydrogen (secondary N) is 1. The van der Waals surface area contributed by atoms with E-state index in [-0.39, 0.29) is 17.8 Å². The zero-order valence-corrected chi connectivity index (χ0v) is 9.58. The van der Waals surface area contributed by atoms with Gasteiger partial charge in [-0.05, 0) is 43.1 Å². The quantitative estimate of drug-likeness (QED) is 0.798. The number of carbonyl (C=O) groups excluding carboxylic acids is 1. The second-order valence-corrected chi connectivity index (χ2v) is 4.71. The molecule has 1 fully saturated rings. The van der Waals surface area contributed by atoms with Crippen LogP contribution in [-0.2, 0) is 11.2 Å². The Labute approximate surface area is 99.6 Å². The van der Waals surface area contributed by atoms with Crippen LogP contribution < -0.4 is 10.2 Å². The maximum Gasteiger partial charge on any atom is 0.231 e. The van der Waals surface area contributed by atoms with E-state index in [2.05, 4.69) is 5.32 Å². The van der Waals surface area contributed by atoms with Crippen molar-refractivity contribution < 1.29 is 9.18 Å². The Morgan fingerprint density at radius 3 is 3.06 bits per heavy atom. The van der Waals surface area contributed by atoms with Crippen molar-refractivity contribution in [2.24, 2.45) is 0 Å². The smallest absolute Gasteiger partial charge is 0.231 e. The SMILES string of the molecule is O=C1Cc2cc(F)ccc2N1C1CCCNC1. The Bertz CT molecular complexity index is 455. The van der Waals surface area contributed by atoms with Crippen molar-refractivity contribution in [1.29, 1.82) is 0 Å². The van der Waals surface area contributed by atoms with E-state index in [1.54, 1.807) is 6.07 Å². The van der Waals surface area contributed by atoms with Gasteiger partial charge in [0.2, 0.25) is 5.91 Å². The summed E-state index contributed by atoms with van der Waals surface area (Å²) in [6, 6.07) is 4.86. The van der Waals surface area contributed by atoms with Crippen molar-refractivity contribution in [2.75, 3.05) is 18.0 Å². The standard InChI is InChI=1S/C13H15FN2O/c14-10-3-4-12-9(6-10)7-13(17)16(12)11-2-1-5-15-8-11/h3-4,6,11,15H,1-2,5,7-8H2. The van der Waals surface area contributed by atoms with Crippen LogP contribution in [-0.4, -0.2) is 25.0 Å². The fraction of sp³-hybridized carbons (Fsp3) is 0.462. The molecule has 1 atom stereocenters. The molecule has 0 saturated carbocycles. The van der Waals surface area contributed by atoms with Gasteiger partial charge in [0.15, 0.2) is 0 Å². The van der Waals surface area contributed by atoms with Crippen molar-refractivity contribution in [3.8, 4) is 0 Å². The first-order chi connectivity index (χ1) is 8.25. The Kier molecular flexibility index (Phi) is 2.59. The van der Waals surface area contributed by atoms with E-state index >= 15 is 0 Å². The number of nitrogens with zero attached hydrogens (tertiary/aromatic N) is 1. The van der Waals surface area contributed by atoms with Gasteiger partial charge in [0.05, 0.1) is 6.42 Å². The van der Waals surface area contributed by atoms with Crippen LogP contribution in [0.15, 0.2) is 18.2 Å². The molecule has 3 nitrogen and oxygen atoms in total. The summed E-state index contributed by atoms with van der Waals surface area (Å²) in [5.41, 5.74) is 1.71. The van der Waals surface area contributed by atoms with Crippen molar-refractivity contribution in [3.05, 3.63) is 29.6 Å². The average molecular weight is 234 g/mol. The molecule has 0 aromatic heterocycles. The Morgan fingerprint density at radius 1 is 1.41 bits per heavy atom. The topological polar surface area (TPSA) is 32.3 Å². The largest absolute Gasteiger partial charge is 0.315 e. The molecule has 1 aromatic rings. The second kappa shape index (κ2) is 4.11. The molecule has 1 aromatic carbocycles. The minimum Gasteiger partial charge on any atom is -0.315 e. The fourth-order valence-electron chi connectivity index (χ4n) is 2.77. The van der Waals surface area contributed by atoms with Gasteiger partial charge in [-0.3, -0.25) is 4.79 Å². The lowest BCUT2D eigenvalue weighted by Gasteiger charge is -2.32. The summed E-state index contributed by atoms with van der Waals surface area (Å²) >= 11 is 0. The normalized spacial score (nSPS) is 23.9. The van der Waals surface area contributed by atoms with Gasteiger partial charge >= 0.3 is 0 Å². The third kappa shape index (κ3) is 1.82. The molecule has 90 valence electrons. The number of carbonyl (C=O) groups is 1. The number of benzene rings is 1. The molecule has 1 N–H and O–H groups in total. The zero-order valence-electron chi connectivity index (χ0n) is 9.58. The molecule has 1 amide bonds. The molecule has 0 spiro atoms. The molecule has 1 saturated heterocycles. The molecule has 4 heteroatoms. The maximum absolute atomic E-state index is 13.1. The number of piperidine rings is 1. The number of anilines is 1. The lowest BCUT2D eigenvalue weighted by Crippen LogP contribution is -2.47. The van der Waals surface area contributed by atoms with Crippen LogP contribution in [0.4, 0.5) is 10.1 Å². The first-order valence-electron chi connectivity index (χ1n) is 6.07. The molecule has 2 aliphatic rings. The van der Waals surface area contributed by atoms with Crippen LogP contribution in [0.2, 0.25) is 0 Å². The minimum absolute atomic E-state index is 0.0966. The van der Waals surface area contributed by atoms with Crippen molar-refractivity contribution in [2.45, 2.75) is 25.3 Å². The van der Waals surface area contributed by atoms with E-state index < -0.39 is 0 Å². The van der Waals surface area contributed by atoms with E-state index in [0.717, 1.165) is 37.2 Å². The van der Waals surface area contributed by atoms with E-state index in [4.69, 9.17) is 0 Å². The highest BCUT2D eigenvalue weighted by molar-refractivity contribution is 6.01. The van der Waals surface area contributed by atoms with Gasteiger partial charge in [-0.2, -0.15) is 0 Å². The molecule has 2 aliphatic heterocycles. The predicted octanol–water partition coefficient (Wildman–Crippen LogP) is 1.47. The molecule has 0 bridgehead atoms. The molecule has 2 heterocycles. The van der Waals surface area contributed by atoms with Gasteiger partial charge in [-0.1, -0.05) is 0 Å². The molecular formula is C13H15FN2O. The van der Waals surface area contributed by atoms with Gasteiger partial charge in [-0.25, -0.2) is 4.39 Å². The maximum atomic E-state index is 13.1. The fourth-order valence-corrected chi connectivity index (χ4v) is 2.77. The minimum atomic E-state index is -0.264. The third-order valence-corrected chi connectivity index (χ3v) is 3.55. The monoisotopic (exact) mass is 234 g/mol. The van der Waals surface area contributed by atoms with E-state index in [1.807, 2.05) is 4.90 Å². The van der Waals surface area contributed by atoms with E-state index in [9.17, 15) is 9.18 Å². The number of hydrogen-bond acceptors (Lipinski definition) is 2. The van der Waals surface area contributed by atoms with Gasteiger partial charge in [0.25, 0.3) is 0 Å². The highest BCUT2D eigenvalue weighted by Crippen LogP contribution is 2.32. The molecule has 0 aliphatic carbocycles. The van der Waals surface area contributed by atoms with Crippen molar-refractivity contribution in [1.82, 2.24) is 5.32 Å². The third-order valence-electron chi connectivity index (χ3n) is 3.55. The molecule has 0 radical (unpaired) electrons. The summed E-state index contributed by atoms with van der Waals surface area (Å²) in [5.74, 6) is -0.167. The Morgan fingerprint density at radius 2 is 2.29 bits per heavy atom. The van der Waals surface area contributed by atoms with Gasteiger partial charge in [0, 0.05) is 18.3 Å². The second-order valence-electron chi connectivity index (χ2n) is 4.71. The number of amides is 1. The molecule has 17 heavy (non-hydrogen) atoms. The van der Waals surface area contributed by atoms with Crippen LogP contribution in [0, 0.1) is 5.82 Å². The summed E-state index contributed by atoms with van der Waals surface area (Å²) in [6.45, 7) is 1.86. The van der Waals surface area contributed by atoms with Crippen LogP contribution in [0.1, 0.15) is 18.4 Å². The zero-order chi connectivity index (χ0) is 11.8.